The van der Waals surface area contributed by atoms with E-state index in [2.05, 4.69) is 27.7 Å². The minimum Gasteiger partial charge on any atom is -0.464 e. The van der Waals surface area contributed by atoms with Crippen molar-refractivity contribution in [3.63, 3.8) is 0 Å². The van der Waals surface area contributed by atoms with Gasteiger partial charge in [0, 0.05) is 0 Å². The number of esters is 2. The van der Waals surface area contributed by atoms with Gasteiger partial charge in [-0.05, 0) is 24.7 Å². The predicted molar refractivity (Wildman–Crippen MR) is 99.3 cm³/mol. The largest absolute Gasteiger partial charge is 0.464 e. The van der Waals surface area contributed by atoms with Gasteiger partial charge in [-0.25, -0.2) is 9.59 Å². The molecule has 0 N–H and O–H groups in total. The zero-order valence-corrected chi connectivity index (χ0v) is 16.7. The van der Waals surface area contributed by atoms with E-state index in [0.29, 0.717) is 13.2 Å². The standard InChI is InChI=1S/C20H38O5/c1-17(2)11-7-5-9-13-24-19(21)15-23-16-20(22)25-14-10-6-8-12-18(3)4/h17-18H,5-16H2,1-4H3. The molecule has 0 heterocycles. The third-order valence-corrected chi connectivity index (χ3v) is 3.82. The molecule has 0 atom stereocenters. The molecule has 0 aliphatic rings. The molecule has 0 aromatic heterocycles. The van der Waals surface area contributed by atoms with Gasteiger partial charge >= 0.3 is 11.9 Å². The van der Waals surface area contributed by atoms with E-state index in [9.17, 15) is 9.59 Å². The molecule has 0 fully saturated rings. The van der Waals surface area contributed by atoms with E-state index in [4.69, 9.17) is 14.2 Å². The summed E-state index contributed by atoms with van der Waals surface area (Å²) in [4.78, 5) is 22.9. The molecule has 0 aliphatic carbocycles. The fraction of sp³-hybridized carbons (Fsp3) is 0.900. The van der Waals surface area contributed by atoms with Crippen molar-refractivity contribution in [1.29, 1.82) is 0 Å². The van der Waals surface area contributed by atoms with E-state index in [0.717, 1.165) is 50.4 Å². The van der Waals surface area contributed by atoms with E-state index in [-0.39, 0.29) is 13.2 Å². The minimum absolute atomic E-state index is 0.199. The molecule has 0 bridgehead atoms. The van der Waals surface area contributed by atoms with Crippen molar-refractivity contribution < 1.29 is 23.8 Å². The van der Waals surface area contributed by atoms with Crippen LogP contribution in [0.4, 0.5) is 0 Å². The summed E-state index contributed by atoms with van der Waals surface area (Å²) in [6.45, 7) is 9.25. The molecule has 0 aromatic rings. The zero-order valence-electron chi connectivity index (χ0n) is 16.7. The number of hydrogen-bond donors (Lipinski definition) is 0. The lowest BCUT2D eigenvalue weighted by atomic mass is 10.1. The van der Waals surface area contributed by atoms with Gasteiger partial charge in [0.2, 0.25) is 0 Å². The van der Waals surface area contributed by atoms with Gasteiger partial charge in [0.15, 0.2) is 0 Å². The van der Waals surface area contributed by atoms with Gasteiger partial charge in [0.05, 0.1) is 13.2 Å². The first-order valence-corrected chi connectivity index (χ1v) is 9.80. The maximum absolute atomic E-state index is 11.5. The molecule has 5 heteroatoms. The predicted octanol–water partition coefficient (Wildman–Crippen LogP) is 4.52. The lowest BCUT2D eigenvalue weighted by Gasteiger charge is -2.08. The van der Waals surface area contributed by atoms with Crippen LogP contribution in [0.5, 0.6) is 0 Å². The molecule has 0 spiro atoms. The van der Waals surface area contributed by atoms with Crippen LogP contribution in [-0.2, 0) is 23.8 Å². The number of ether oxygens (including phenoxy) is 3. The summed E-state index contributed by atoms with van der Waals surface area (Å²) in [6.07, 6.45) is 8.61. The lowest BCUT2D eigenvalue weighted by Crippen LogP contribution is -2.19. The van der Waals surface area contributed by atoms with Gasteiger partial charge in [-0.3, -0.25) is 0 Å². The Hall–Kier alpha value is -1.10. The van der Waals surface area contributed by atoms with Crippen LogP contribution in [0.15, 0.2) is 0 Å². The van der Waals surface area contributed by atoms with Crippen LogP contribution in [0.3, 0.4) is 0 Å². The van der Waals surface area contributed by atoms with Crippen molar-refractivity contribution in [3.8, 4) is 0 Å². The Kier molecular flexibility index (Phi) is 15.7. The molecule has 0 aliphatic heterocycles. The van der Waals surface area contributed by atoms with Gasteiger partial charge < -0.3 is 14.2 Å². The highest BCUT2D eigenvalue weighted by atomic mass is 16.6. The second-order valence-electron chi connectivity index (χ2n) is 7.42. The van der Waals surface area contributed by atoms with Crippen molar-refractivity contribution in [1.82, 2.24) is 0 Å². The molecule has 5 nitrogen and oxygen atoms in total. The summed E-state index contributed by atoms with van der Waals surface area (Å²) in [5.74, 6) is 0.585. The Morgan fingerprint density at radius 1 is 0.640 bits per heavy atom. The first kappa shape index (κ1) is 23.9. The fourth-order valence-corrected chi connectivity index (χ4v) is 2.34. The van der Waals surface area contributed by atoms with Crippen LogP contribution in [0, 0.1) is 11.8 Å². The summed E-state index contributed by atoms with van der Waals surface area (Å²) >= 11 is 0. The molecule has 0 saturated heterocycles. The molecule has 148 valence electrons. The van der Waals surface area contributed by atoms with Crippen molar-refractivity contribution in [3.05, 3.63) is 0 Å². The average molecular weight is 359 g/mol. The van der Waals surface area contributed by atoms with E-state index in [1.807, 2.05) is 0 Å². The highest BCUT2D eigenvalue weighted by Crippen LogP contribution is 2.08. The molecular formula is C20H38O5. The number of carbonyl (C=O) groups is 2. The van der Waals surface area contributed by atoms with E-state index >= 15 is 0 Å². The van der Waals surface area contributed by atoms with Gasteiger partial charge in [0.25, 0.3) is 0 Å². The minimum atomic E-state index is -0.426. The molecule has 0 saturated carbocycles. The topological polar surface area (TPSA) is 61.8 Å². The second kappa shape index (κ2) is 16.4. The third-order valence-electron chi connectivity index (χ3n) is 3.82. The van der Waals surface area contributed by atoms with Crippen LogP contribution in [0.25, 0.3) is 0 Å². The third kappa shape index (κ3) is 19.1. The highest BCUT2D eigenvalue weighted by Gasteiger charge is 2.07. The molecule has 0 rings (SSSR count). The van der Waals surface area contributed by atoms with Crippen LogP contribution < -0.4 is 0 Å². The number of carbonyl (C=O) groups excluding carboxylic acids is 2. The number of rotatable bonds is 16. The Labute approximate surface area is 153 Å². The summed E-state index contributed by atoms with van der Waals surface area (Å²) in [5.41, 5.74) is 0. The molecular weight excluding hydrogens is 320 g/mol. The molecule has 0 unspecified atom stereocenters. The smallest absolute Gasteiger partial charge is 0.332 e. The van der Waals surface area contributed by atoms with E-state index in [1.54, 1.807) is 0 Å². The summed E-state index contributed by atoms with van der Waals surface area (Å²) in [5, 5.41) is 0. The SMILES string of the molecule is CC(C)CCCCCOC(=O)COCC(=O)OCCCCCC(C)C. The maximum Gasteiger partial charge on any atom is 0.332 e. The van der Waals surface area contributed by atoms with Crippen LogP contribution in [0.2, 0.25) is 0 Å². The Morgan fingerprint density at radius 3 is 1.40 bits per heavy atom. The molecule has 0 aromatic carbocycles. The second-order valence-corrected chi connectivity index (χ2v) is 7.42. The molecule has 25 heavy (non-hydrogen) atoms. The van der Waals surface area contributed by atoms with Crippen molar-refractivity contribution in [2.45, 2.75) is 79.1 Å². The molecule has 0 radical (unpaired) electrons. The highest BCUT2D eigenvalue weighted by molar-refractivity contribution is 5.73. The summed E-state index contributed by atoms with van der Waals surface area (Å²) < 4.78 is 15.1. The molecule has 0 amide bonds. The lowest BCUT2D eigenvalue weighted by molar-refractivity contribution is -0.155. The summed E-state index contributed by atoms with van der Waals surface area (Å²) in [7, 11) is 0. The monoisotopic (exact) mass is 358 g/mol. The van der Waals surface area contributed by atoms with Gasteiger partial charge in [-0.1, -0.05) is 66.2 Å². The van der Waals surface area contributed by atoms with E-state index < -0.39 is 11.9 Å². The quantitative estimate of drug-likeness (QED) is 0.300. The summed E-state index contributed by atoms with van der Waals surface area (Å²) in [6, 6.07) is 0. The van der Waals surface area contributed by atoms with Crippen LogP contribution in [-0.4, -0.2) is 38.4 Å². The first-order chi connectivity index (χ1) is 11.9. The van der Waals surface area contributed by atoms with Crippen molar-refractivity contribution in [2.75, 3.05) is 26.4 Å². The van der Waals surface area contributed by atoms with Gasteiger partial charge in [-0.2, -0.15) is 0 Å². The van der Waals surface area contributed by atoms with E-state index in [1.165, 1.54) is 12.8 Å². The van der Waals surface area contributed by atoms with Crippen molar-refractivity contribution in [2.24, 2.45) is 11.8 Å². The van der Waals surface area contributed by atoms with Gasteiger partial charge in [0.1, 0.15) is 13.2 Å². The fourth-order valence-electron chi connectivity index (χ4n) is 2.34. The van der Waals surface area contributed by atoms with Gasteiger partial charge in [-0.15, -0.1) is 0 Å². The maximum atomic E-state index is 11.5. The number of hydrogen-bond acceptors (Lipinski definition) is 5. The number of unbranched alkanes of at least 4 members (excludes halogenated alkanes) is 4. The Balaban J connectivity index is 3.38. The zero-order chi connectivity index (χ0) is 18.9. The first-order valence-electron chi connectivity index (χ1n) is 9.80. The van der Waals surface area contributed by atoms with Crippen LogP contribution >= 0.6 is 0 Å². The Morgan fingerprint density at radius 2 is 1.04 bits per heavy atom. The average Bonchev–Trinajstić information content (AvgIpc) is 2.53. The normalized spacial score (nSPS) is 11.1. The Bertz CT molecular complexity index is 307. The van der Waals surface area contributed by atoms with Crippen LogP contribution in [0.1, 0.15) is 79.1 Å². The van der Waals surface area contributed by atoms with Crippen molar-refractivity contribution >= 4 is 11.9 Å².